The topological polar surface area (TPSA) is 73.9 Å². The largest absolute Gasteiger partial charge is 0.496 e. The molecule has 0 aliphatic rings. The van der Waals surface area contributed by atoms with Crippen molar-refractivity contribution in [2.45, 2.75) is 0 Å². The molecule has 0 aromatic heterocycles. The normalized spacial score (nSPS) is 9.59. The number of rotatable bonds is 4. The van der Waals surface area contributed by atoms with Crippen LogP contribution < -0.4 is 10.2 Å². The van der Waals surface area contributed by atoms with Crippen LogP contribution in [0.1, 0.15) is 20.7 Å². The molecule has 0 spiro atoms. The monoisotopic (exact) mass is 239 g/mol. The molecular weight excluding hydrogens is 226 g/mol. The van der Waals surface area contributed by atoms with Crippen molar-refractivity contribution in [3.63, 3.8) is 0 Å². The van der Waals surface area contributed by atoms with E-state index in [1.165, 1.54) is 39.5 Å². The van der Waals surface area contributed by atoms with Gasteiger partial charge in [-0.2, -0.15) is 0 Å². The molecule has 0 atom stereocenters. The Labute approximate surface area is 98.4 Å². The third-order valence-electron chi connectivity index (χ3n) is 2.06. The zero-order valence-electron chi connectivity index (χ0n) is 9.77. The van der Waals surface area contributed by atoms with Crippen molar-refractivity contribution in [2.75, 3.05) is 21.3 Å². The van der Waals surface area contributed by atoms with Gasteiger partial charge >= 0.3 is 5.97 Å². The smallest absolute Gasteiger partial charge is 0.337 e. The standard InChI is InChI=1S/C11H13NO5/c1-15-9-6-7(11(14)16-2)4-5-8(9)10(13)12-17-3/h4-6H,1-3H3,(H,12,13). The molecule has 0 heterocycles. The zero-order valence-corrected chi connectivity index (χ0v) is 9.77. The molecular formula is C11H13NO5. The van der Waals surface area contributed by atoms with Gasteiger partial charge < -0.3 is 9.47 Å². The highest BCUT2D eigenvalue weighted by molar-refractivity contribution is 5.98. The minimum absolute atomic E-state index is 0.266. The second kappa shape index (κ2) is 5.86. The van der Waals surface area contributed by atoms with Crippen LogP contribution in [0.2, 0.25) is 0 Å². The Morgan fingerprint density at radius 3 is 2.41 bits per heavy atom. The number of hydroxylamine groups is 1. The fourth-order valence-corrected chi connectivity index (χ4v) is 1.27. The molecule has 0 aliphatic heterocycles. The summed E-state index contributed by atoms with van der Waals surface area (Å²) in [6, 6.07) is 4.36. The van der Waals surface area contributed by atoms with Gasteiger partial charge in [-0.25, -0.2) is 10.3 Å². The molecule has 1 aromatic carbocycles. The SMILES string of the molecule is CONC(=O)c1ccc(C(=O)OC)cc1OC. The molecule has 0 aliphatic carbocycles. The fourth-order valence-electron chi connectivity index (χ4n) is 1.27. The lowest BCUT2D eigenvalue weighted by atomic mass is 10.1. The minimum Gasteiger partial charge on any atom is -0.496 e. The summed E-state index contributed by atoms with van der Waals surface area (Å²) in [7, 11) is 4.01. The first-order valence-electron chi connectivity index (χ1n) is 4.73. The highest BCUT2D eigenvalue weighted by Crippen LogP contribution is 2.20. The van der Waals surface area contributed by atoms with Crippen molar-refractivity contribution < 1.29 is 23.9 Å². The molecule has 0 unspecified atom stereocenters. The first-order chi connectivity index (χ1) is 8.13. The van der Waals surface area contributed by atoms with Gasteiger partial charge in [0, 0.05) is 0 Å². The number of hydrogen-bond acceptors (Lipinski definition) is 5. The van der Waals surface area contributed by atoms with Crippen LogP contribution in [0.4, 0.5) is 0 Å². The van der Waals surface area contributed by atoms with Crippen LogP contribution >= 0.6 is 0 Å². The molecule has 17 heavy (non-hydrogen) atoms. The summed E-state index contributed by atoms with van der Waals surface area (Å²) in [4.78, 5) is 27.3. The molecule has 6 heteroatoms. The van der Waals surface area contributed by atoms with Gasteiger partial charge in [-0.15, -0.1) is 0 Å². The summed E-state index contributed by atoms with van der Waals surface area (Å²) in [5.41, 5.74) is 2.73. The highest BCUT2D eigenvalue weighted by Gasteiger charge is 2.15. The van der Waals surface area contributed by atoms with Gasteiger partial charge in [0.15, 0.2) is 0 Å². The minimum atomic E-state index is -0.498. The van der Waals surface area contributed by atoms with Crippen molar-refractivity contribution in [1.82, 2.24) is 5.48 Å². The van der Waals surface area contributed by atoms with Crippen LogP contribution in [-0.2, 0) is 9.57 Å². The number of benzene rings is 1. The Morgan fingerprint density at radius 1 is 1.18 bits per heavy atom. The van der Waals surface area contributed by atoms with Crippen LogP contribution in [0.25, 0.3) is 0 Å². The van der Waals surface area contributed by atoms with Gasteiger partial charge in [-0.1, -0.05) is 0 Å². The van der Waals surface area contributed by atoms with E-state index in [0.717, 1.165) is 0 Å². The maximum atomic E-state index is 11.5. The molecule has 1 aromatic rings. The maximum absolute atomic E-state index is 11.5. The van der Waals surface area contributed by atoms with E-state index >= 15 is 0 Å². The molecule has 1 amide bonds. The van der Waals surface area contributed by atoms with E-state index in [2.05, 4.69) is 15.1 Å². The number of ether oxygens (including phenoxy) is 2. The van der Waals surface area contributed by atoms with Crippen LogP contribution in [0.15, 0.2) is 18.2 Å². The summed E-state index contributed by atoms with van der Waals surface area (Å²) < 4.78 is 9.59. The van der Waals surface area contributed by atoms with Gasteiger partial charge in [0.2, 0.25) is 0 Å². The number of methoxy groups -OCH3 is 2. The molecule has 92 valence electrons. The van der Waals surface area contributed by atoms with Gasteiger partial charge in [-0.3, -0.25) is 9.63 Å². The van der Waals surface area contributed by atoms with E-state index in [0.29, 0.717) is 5.56 Å². The Balaban J connectivity index is 3.09. The molecule has 1 rings (SSSR count). The van der Waals surface area contributed by atoms with Crippen molar-refractivity contribution in [2.24, 2.45) is 0 Å². The number of carbonyl (C=O) groups is 2. The Morgan fingerprint density at radius 2 is 1.88 bits per heavy atom. The summed E-state index contributed by atoms with van der Waals surface area (Å²) >= 11 is 0. The summed E-state index contributed by atoms with van der Waals surface area (Å²) in [6.45, 7) is 0. The van der Waals surface area contributed by atoms with Crippen molar-refractivity contribution in [1.29, 1.82) is 0 Å². The zero-order chi connectivity index (χ0) is 12.8. The van der Waals surface area contributed by atoms with E-state index in [4.69, 9.17) is 4.74 Å². The van der Waals surface area contributed by atoms with E-state index < -0.39 is 11.9 Å². The van der Waals surface area contributed by atoms with Crippen molar-refractivity contribution in [3.8, 4) is 5.75 Å². The van der Waals surface area contributed by atoms with Crippen LogP contribution in [0.5, 0.6) is 5.75 Å². The predicted molar refractivity (Wildman–Crippen MR) is 58.8 cm³/mol. The first kappa shape index (κ1) is 13.0. The molecule has 0 saturated heterocycles. The molecule has 1 N–H and O–H groups in total. The fraction of sp³-hybridized carbons (Fsp3) is 0.273. The molecule has 0 saturated carbocycles. The molecule has 6 nitrogen and oxygen atoms in total. The molecule has 0 radical (unpaired) electrons. The van der Waals surface area contributed by atoms with Crippen LogP contribution in [0.3, 0.4) is 0 Å². The van der Waals surface area contributed by atoms with E-state index in [-0.39, 0.29) is 11.3 Å². The summed E-state index contributed by atoms with van der Waals surface area (Å²) in [5, 5.41) is 0. The number of hydrogen-bond donors (Lipinski definition) is 1. The second-order valence-corrected chi connectivity index (χ2v) is 3.04. The Kier molecular flexibility index (Phi) is 4.47. The number of amides is 1. The average Bonchev–Trinajstić information content (AvgIpc) is 2.37. The first-order valence-corrected chi connectivity index (χ1v) is 4.73. The highest BCUT2D eigenvalue weighted by atomic mass is 16.6. The number of esters is 1. The van der Waals surface area contributed by atoms with E-state index in [9.17, 15) is 9.59 Å². The van der Waals surface area contributed by atoms with E-state index in [1.807, 2.05) is 0 Å². The van der Waals surface area contributed by atoms with Gasteiger partial charge in [0.25, 0.3) is 5.91 Å². The van der Waals surface area contributed by atoms with Gasteiger partial charge in [0.05, 0.1) is 32.5 Å². The quantitative estimate of drug-likeness (QED) is 0.620. The Bertz CT molecular complexity index is 430. The van der Waals surface area contributed by atoms with Crippen LogP contribution in [0, 0.1) is 0 Å². The second-order valence-electron chi connectivity index (χ2n) is 3.04. The lowest BCUT2D eigenvalue weighted by molar-refractivity contribution is 0.0533. The Hall–Kier alpha value is -2.08. The third-order valence-corrected chi connectivity index (χ3v) is 2.06. The number of nitrogens with one attached hydrogen (secondary N) is 1. The van der Waals surface area contributed by atoms with Gasteiger partial charge in [-0.05, 0) is 18.2 Å². The lowest BCUT2D eigenvalue weighted by Crippen LogP contribution is -2.22. The summed E-state index contributed by atoms with van der Waals surface area (Å²) in [6.07, 6.45) is 0. The molecule has 0 bridgehead atoms. The number of carbonyl (C=O) groups excluding carboxylic acids is 2. The third kappa shape index (κ3) is 2.94. The summed E-state index contributed by atoms with van der Waals surface area (Å²) in [5.74, 6) is -0.690. The molecule has 0 fully saturated rings. The van der Waals surface area contributed by atoms with Crippen LogP contribution in [-0.4, -0.2) is 33.2 Å². The maximum Gasteiger partial charge on any atom is 0.337 e. The van der Waals surface area contributed by atoms with Crippen molar-refractivity contribution in [3.05, 3.63) is 29.3 Å². The van der Waals surface area contributed by atoms with E-state index in [1.54, 1.807) is 0 Å². The van der Waals surface area contributed by atoms with Crippen molar-refractivity contribution >= 4 is 11.9 Å². The predicted octanol–water partition coefficient (Wildman–Crippen LogP) is 0.773. The average molecular weight is 239 g/mol. The lowest BCUT2D eigenvalue weighted by Gasteiger charge is -2.09. The van der Waals surface area contributed by atoms with Gasteiger partial charge in [0.1, 0.15) is 5.75 Å².